The van der Waals surface area contributed by atoms with Crippen molar-refractivity contribution < 1.29 is 27.5 Å². The average molecular weight is 426 g/mol. The summed E-state index contributed by atoms with van der Waals surface area (Å²) in [5.74, 6) is -0.152. The van der Waals surface area contributed by atoms with E-state index in [1.807, 2.05) is 0 Å². The Kier molecular flexibility index (Phi) is 6.76. The molecule has 29 heavy (non-hydrogen) atoms. The van der Waals surface area contributed by atoms with E-state index in [2.05, 4.69) is 5.32 Å². The molecule has 2 aliphatic rings. The van der Waals surface area contributed by atoms with Gasteiger partial charge in [-0.05, 0) is 31.0 Å². The zero-order valence-electron chi connectivity index (χ0n) is 16.7. The minimum Gasteiger partial charge on any atom is -0.495 e. The van der Waals surface area contributed by atoms with Crippen molar-refractivity contribution in [2.24, 2.45) is 5.92 Å². The van der Waals surface area contributed by atoms with E-state index in [9.17, 15) is 18.0 Å². The van der Waals surface area contributed by atoms with Gasteiger partial charge in [-0.1, -0.05) is 0 Å². The fourth-order valence-electron chi connectivity index (χ4n) is 3.58. The molecule has 0 saturated carbocycles. The van der Waals surface area contributed by atoms with Gasteiger partial charge in [0.2, 0.25) is 21.8 Å². The summed E-state index contributed by atoms with van der Waals surface area (Å²) in [6, 6.07) is 4.60. The number of ether oxygens (including phenoxy) is 2. The molecular formula is C19H27N3O6S. The third-order valence-corrected chi connectivity index (χ3v) is 7.25. The Morgan fingerprint density at radius 3 is 2.38 bits per heavy atom. The minimum absolute atomic E-state index is 0.0111. The molecule has 2 aliphatic heterocycles. The van der Waals surface area contributed by atoms with Crippen LogP contribution in [0.4, 0.5) is 5.69 Å². The predicted octanol–water partition coefficient (Wildman–Crippen LogP) is 0.913. The number of nitrogens with one attached hydrogen (secondary N) is 1. The monoisotopic (exact) mass is 425 g/mol. The lowest BCUT2D eigenvalue weighted by molar-refractivity contribution is -0.132. The number of sulfonamides is 1. The van der Waals surface area contributed by atoms with Crippen molar-refractivity contribution in [3.63, 3.8) is 0 Å². The van der Waals surface area contributed by atoms with Crippen LogP contribution in [0.25, 0.3) is 0 Å². The number of carbonyl (C=O) groups excluding carboxylic acids is 2. The fourth-order valence-corrected chi connectivity index (χ4v) is 5.17. The summed E-state index contributed by atoms with van der Waals surface area (Å²) in [6.45, 7) is 3.86. The second-order valence-electron chi connectivity index (χ2n) is 7.15. The van der Waals surface area contributed by atoms with Crippen molar-refractivity contribution >= 4 is 27.5 Å². The lowest BCUT2D eigenvalue weighted by Crippen LogP contribution is -2.41. The maximum Gasteiger partial charge on any atom is 0.246 e. The number of anilines is 1. The summed E-state index contributed by atoms with van der Waals surface area (Å²) in [7, 11) is -2.36. The van der Waals surface area contributed by atoms with Crippen LogP contribution in [-0.2, 0) is 24.3 Å². The predicted molar refractivity (Wildman–Crippen MR) is 106 cm³/mol. The first kappa shape index (κ1) is 21.5. The van der Waals surface area contributed by atoms with Gasteiger partial charge in [0.1, 0.15) is 10.6 Å². The standard InChI is InChI=1S/C19H27N3O6S/c1-14(23)21-7-5-15(6-8-21)19(24)20-16-3-4-17(27-2)18(13-16)29(25,26)22-9-11-28-12-10-22/h3-4,13,15H,5-12H2,1-2H3,(H,20,24). The number of benzene rings is 1. The summed E-state index contributed by atoms with van der Waals surface area (Å²) in [5, 5.41) is 2.82. The largest absolute Gasteiger partial charge is 0.495 e. The van der Waals surface area contributed by atoms with Crippen LogP contribution in [0.2, 0.25) is 0 Å². The summed E-state index contributed by atoms with van der Waals surface area (Å²) < 4.78 is 37.9. The molecular weight excluding hydrogens is 398 g/mol. The van der Waals surface area contributed by atoms with Gasteiger partial charge in [-0.3, -0.25) is 9.59 Å². The SMILES string of the molecule is COc1ccc(NC(=O)C2CCN(C(C)=O)CC2)cc1S(=O)(=O)N1CCOCC1. The van der Waals surface area contributed by atoms with Crippen LogP contribution >= 0.6 is 0 Å². The van der Waals surface area contributed by atoms with Crippen molar-refractivity contribution in [1.82, 2.24) is 9.21 Å². The Hall–Kier alpha value is -2.17. The van der Waals surface area contributed by atoms with Gasteiger partial charge in [0.25, 0.3) is 0 Å². The highest BCUT2D eigenvalue weighted by Crippen LogP contribution is 2.30. The van der Waals surface area contributed by atoms with Gasteiger partial charge < -0.3 is 19.7 Å². The van der Waals surface area contributed by atoms with Gasteiger partial charge in [0, 0.05) is 44.7 Å². The Labute approximate surface area is 171 Å². The van der Waals surface area contributed by atoms with Crippen molar-refractivity contribution in [1.29, 1.82) is 0 Å². The molecule has 0 aromatic heterocycles. The lowest BCUT2D eigenvalue weighted by Gasteiger charge is -2.30. The van der Waals surface area contributed by atoms with E-state index >= 15 is 0 Å². The highest BCUT2D eigenvalue weighted by Gasteiger charge is 2.30. The molecule has 1 N–H and O–H groups in total. The highest BCUT2D eigenvalue weighted by molar-refractivity contribution is 7.89. The molecule has 2 saturated heterocycles. The normalized spacial score (nSPS) is 19.0. The molecule has 2 fully saturated rings. The number of piperidine rings is 1. The van der Waals surface area contributed by atoms with Crippen molar-refractivity contribution in [3.05, 3.63) is 18.2 Å². The second-order valence-corrected chi connectivity index (χ2v) is 9.06. The van der Waals surface area contributed by atoms with Crippen LogP contribution in [0.15, 0.2) is 23.1 Å². The Morgan fingerprint density at radius 1 is 1.14 bits per heavy atom. The second kappa shape index (κ2) is 9.10. The Morgan fingerprint density at radius 2 is 1.79 bits per heavy atom. The van der Waals surface area contributed by atoms with Gasteiger partial charge in [0.05, 0.1) is 20.3 Å². The maximum atomic E-state index is 13.0. The zero-order valence-corrected chi connectivity index (χ0v) is 17.5. The first-order valence-corrected chi connectivity index (χ1v) is 11.1. The Balaban J connectivity index is 1.75. The topological polar surface area (TPSA) is 105 Å². The van der Waals surface area contributed by atoms with E-state index in [0.717, 1.165) is 0 Å². The van der Waals surface area contributed by atoms with E-state index in [4.69, 9.17) is 9.47 Å². The van der Waals surface area contributed by atoms with E-state index in [-0.39, 0.29) is 41.5 Å². The van der Waals surface area contributed by atoms with Gasteiger partial charge in [-0.15, -0.1) is 0 Å². The van der Waals surface area contributed by atoms with Gasteiger partial charge in [0.15, 0.2) is 0 Å². The summed E-state index contributed by atoms with van der Waals surface area (Å²) >= 11 is 0. The molecule has 0 atom stereocenters. The molecule has 2 amide bonds. The maximum absolute atomic E-state index is 13.0. The minimum atomic E-state index is -3.77. The smallest absolute Gasteiger partial charge is 0.246 e. The van der Waals surface area contributed by atoms with Crippen LogP contribution in [0.5, 0.6) is 5.75 Å². The number of methoxy groups -OCH3 is 1. The Bertz CT molecular complexity index is 859. The quantitative estimate of drug-likeness (QED) is 0.752. The number of hydrogen-bond donors (Lipinski definition) is 1. The van der Waals surface area contributed by atoms with Crippen LogP contribution in [0.1, 0.15) is 19.8 Å². The molecule has 2 heterocycles. The molecule has 0 radical (unpaired) electrons. The zero-order chi connectivity index (χ0) is 21.0. The van der Waals surface area contributed by atoms with Gasteiger partial charge in [-0.25, -0.2) is 8.42 Å². The molecule has 9 nitrogen and oxygen atoms in total. The summed E-state index contributed by atoms with van der Waals surface area (Å²) in [4.78, 5) is 25.8. The number of morpholine rings is 1. The third kappa shape index (κ3) is 4.88. The number of nitrogens with zero attached hydrogens (tertiary/aromatic N) is 2. The highest BCUT2D eigenvalue weighted by atomic mass is 32.2. The number of likely N-dealkylation sites (tertiary alicyclic amines) is 1. The number of hydrogen-bond acceptors (Lipinski definition) is 6. The number of amides is 2. The molecule has 1 aromatic carbocycles. The molecule has 0 spiro atoms. The van der Waals surface area contributed by atoms with E-state index in [1.54, 1.807) is 17.0 Å². The van der Waals surface area contributed by atoms with Crippen molar-refractivity contribution in [3.8, 4) is 5.75 Å². The third-order valence-electron chi connectivity index (χ3n) is 5.33. The molecule has 3 rings (SSSR count). The summed E-state index contributed by atoms with van der Waals surface area (Å²) in [5.41, 5.74) is 0.400. The molecule has 0 aliphatic carbocycles. The van der Waals surface area contributed by atoms with Crippen LogP contribution in [-0.4, -0.2) is 75.9 Å². The van der Waals surface area contributed by atoms with Crippen LogP contribution in [0.3, 0.4) is 0 Å². The van der Waals surface area contributed by atoms with E-state index < -0.39 is 10.0 Å². The van der Waals surface area contributed by atoms with E-state index in [1.165, 1.54) is 24.4 Å². The number of rotatable bonds is 5. The first-order chi connectivity index (χ1) is 13.8. The van der Waals surface area contributed by atoms with Gasteiger partial charge in [-0.2, -0.15) is 4.31 Å². The van der Waals surface area contributed by atoms with Crippen LogP contribution < -0.4 is 10.1 Å². The average Bonchev–Trinajstić information content (AvgIpc) is 2.74. The number of carbonyl (C=O) groups is 2. The molecule has 0 bridgehead atoms. The van der Waals surface area contributed by atoms with Crippen molar-refractivity contribution in [2.45, 2.75) is 24.7 Å². The molecule has 1 aromatic rings. The van der Waals surface area contributed by atoms with E-state index in [0.29, 0.717) is 44.8 Å². The fraction of sp³-hybridized carbons (Fsp3) is 0.579. The first-order valence-electron chi connectivity index (χ1n) is 9.65. The van der Waals surface area contributed by atoms with Crippen LogP contribution in [0, 0.1) is 5.92 Å². The molecule has 0 unspecified atom stereocenters. The molecule has 160 valence electrons. The lowest BCUT2D eigenvalue weighted by atomic mass is 9.96. The van der Waals surface area contributed by atoms with Crippen molar-refractivity contribution in [2.75, 3.05) is 51.8 Å². The summed E-state index contributed by atoms with van der Waals surface area (Å²) in [6.07, 6.45) is 1.17. The van der Waals surface area contributed by atoms with Gasteiger partial charge >= 0.3 is 0 Å². The molecule has 10 heteroatoms.